The van der Waals surface area contributed by atoms with Gasteiger partial charge in [-0.2, -0.15) is 0 Å². The van der Waals surface area contributed by atoms with E-state index in [1.165, 1.54) is 6.92 Å². The van der Waals surface area contributed by atoms with E-state index >= 15 is 0 Å². The van der Waals surface area contributed by atoms with Gasteiger partial charge in [-0.15, -0.1) is 24.8 Å². The monoisotopic (exact) mass is 335 g/mol. The first-order valence-corrected chi connectivity index (χ1v) is 5.60. The Bertz CT molecular complexity index is 542. The highest BCUT2D eigenvalue weighted by atomic mass is 35.5. The van der Waals surface area contributed by atoms with Crippen molar-refractivity contribution in [3.63, 3.8) is 0 Å². The standard InChI is InChI=1S/C13H15N3O2.2ClH.H2O/c1-13(14,12(17)18)8-9-2-4-10(5-3-9)11-15-6-7-16-11;;;/h2-7H,8,14H2,1H3,(H,15,16)(H,17,18);2*1H;1H2/t13-;;;/m1.../s1. The van der Waals surface area contributed by atoms with E-state index in [2.05, 4.69) is 9.97 Å². The van der Waals surface area contributed by atoms with Crippen molar-refractivity contribution in [1.82, 2.24) is 9.97 Å². The molecule has 6 N–H and O–H groups in total. The van der Waals surface area contributed by atoms with Gasteiger partial charge in [-0.25, -0.2) is 4.98 Å². The van der Waals surface area contributed by atoms with Gasteiger partial charge in [-0.3, -0.25) is 4.79 Å². The zero-order valence-corrected chi connectivity index (χ0v) is 13.0. The minimum atomic E-state index is -1.24. The van der Waals surface area contributed by atoms with E-state index in [-0.39, 0.29) is 30.3 Å². The Morgan fingerprint density at radius 1 is 1.33 bits per heavy atom. The normalized spacial score (nSPS) is 12.1. The van der Waals surface area contributed by atoms with Crippen LogP contribution in [0.25, 0.3) is 11.4 Å². The predicted octanol–water partition coefficient (Wildman–Crippen LogP) is 1.44. The van der Waals surface area contributed by atoms with Gasteiger partial charge in [0.1, 0.15) is 11.4 Å². The number of rotatable bonds is 4. The van der Waals surface area contributed by atoms with Gasteiger partial charge in [-0.05, 0) is 12.5 Å². The summed E-state index contributed by atoms with van der Waals surface area (Å²) in [6.45, 7) is 1.51. The Balaban J connectivity index is 0. The molecule has 8 heteroatoms. The van der Waals surface area contributed by atoms with Crippen molar-refractivity contribution in [1.29, 1.82) is 0 Å². The number of halogens is 2. The van der Waals surface area contributed by atoms with Crippen LogP contribution in [0.2, 0.25) is 0 Å². The van der Waals surface area contributed by atoms with Crippen molar-refractivity contribution in [2.75, 3.05) is 0 Å². The summed E-state index contributed by atoms with van der Waals surface area (Å²) in [6.07, 6.45) is 3.73. The second-order valence-corrected chi connectivity index (χ2v) is 4.53. The average molecular weight is 336 g/mol. The second kappa shape index (κ2) is 8.63. The van der Waals surface area contributed by atoms with Gasteiger partial charge in [0.2, 0.25) is 0 Å². The SMILES string of the molecule is C[C@@](N)(Cc1ccc(-c2ncc[nH]2)cc1)C(=O)O.Cl.Cl.O. The summed E-state index contributed by atoms with van der Waals surface area (Å²) < 4.78 is 0. The number of carbonyl (C=O) groups is 1. The van der Waals surface area contributed by atoms with Crippen LogP contribution in [-0.4, -0.2) is 32.1 Å². The number of nitrogens with zero attached hydrogens (tertiary/aromatic N) is 1. The molecule has 0 aliphatic rings. The topological polar surface area (TPSA) is 124 Å². The van der Waals surface area contributed by atoms with Gasteiger partial charge in [0.15, 0.2) is 0 Å². The fraction of sp³-hybridized carbons (Fsp3) is 0.231. The highest BCUT2D eigenvalue weighted by Gasteiger charge is 2.27. The molecule has 0 aliphatic carbocycles. The summed E-state index contributed by atoms with van der Waals surface area (Å²) in [5.74, 6) is -0.215. The molecule has 0 spiro atoms. The van der Waals surface area contributed by atoms with Crippen LogP contribution in [0.5, 0.6) is 0 Å². The zero-order chi connectivity index (χ0) is 13.2. The van der Waals surface area contributed by atoms with Crippen LogP contribution in [0.4, 0.5) is 0 Å². The lowest BCUT2D eigenvalue weighted by Gasteiger charge is -2.19. The fourth-order valence-corrected chi connectivity index (χ4v) is 1.70. The van der Waals surface area contributed by atoms with E-state index in [1.807, 2.05) is 24.3 Å². The number of nitrogens with two attached hydrogens (primary N) is 1. The van der Waals surface area contributed by atoms with Crippen molar-refractivity contribution in [3.05, 3.63) is 42.2 Å². The average Bonchev–Trinajstić information content (AvgIpc) is 2.83. The predicted molar refractivity (Wildman–Crippen MR) is 86.1 cm³/mol. The van der Waals surface area contributed by atoms with Crippen molar-refractivity contribution < 1.29 is 15.4 Å². The molecule has 1 heterocycles. The Morgan fingerprint density at radius 3 is 2.33 bits per heavy atom. The maximum absolute atomic E-state index is 10.9. The van der Waals surface area contributed by atoms with E-state index in [1.54, 1.807) is 12.4 Å². The first-order valence-electron chi connectivity index (χ1n) is 5.60. The molecule has 118 valence electrons. The van der Waals surface area contributed by atoms with Crippen molar-refractivity contribution in [2.24, 2.45) is 5.73 Å². The van der Waals surface area contributed by atoms with Gasteiger partial charge in [-0.1, -0.05) is 24.3 Å². The second-order valence-electron chi connectivity index (χ2n) is 4.53. The summed E-state index contributed by atoms with van der Waals surface area (Å²) in [5.41, 5.74) is 6.31. The van der Waals surface area contributed by atoms with Crippen molar-refractivity contribution >= 4 is 30.8 Å². The molecule has 0 saturated heterocycles. The molecule has 0 unspecified atom stereocenters. The number of aromatic nitrogens is 2. The summed E-state index contributed by atoms with van der Waals surface area (Å²) >= 11 is 0. The van der Waals surface area contributed by atoms with E-state index in [9.17, 15) is 4.79 Å². The molecule has 0 amide bonds. The van der Waals surface area contributed by atoms with Crippen LogP contribution in [0, 0.1) is 0 Å². The largest absolute Gasteiger partial charge is 0.480 e. The third kappa shape index (κ3) is 5.35. The van der Waals surface area contributed by atoms with Gasteiger partial charge >= 0.3 is 5.97 Å². The highest BCUT2D eigenvalue weighted by Crippen LogP contribution is 2.17. The number of carboxylic acid groups (broad SMARTS) is 1. The molecule has 0 fully saturated rings. The van der Waals surface area contributed by atoms with Crippen LogP contribution >= 0.6 is 24.8 Å². The maximum Gasteiger partial charge on any atom is 0.323 e. The molecule has 6 nitrogen and oxygen atoms in total. The lowest BCUT2D eigenvalue weighted by Crippen LogP contribution is -2.46. The molecule has 0 radical (unpaired) electrons. The molecule has 1 atom stereocenters. The van der Waals surface area contributed by atoms with Crippen LogP contribution in [0.3, 0.4) is 0 Å². The Labute approximate surface area is 134 Å². The molecule has 0 saturated carbocycles. The third-order valence-corrected chi connectivity index (χ3v) is 2.79. The first-order chi connectivity index (χ1) is 8.49. The molecule has 21 heavy (non-hydrogen) atoms. The number of imidazole rings is 1. The van der Waals surface area contributed by atoms with E-state index < -0.39 is 11.5 Å². The highest BCUT2D eigenvalue weighted by molar-refractivity contribution is 5.85. The minimum Gasteiger partial charge on any atom is -0.480 e. The number of benzene rings is 1. The van der Waals surface area contributed by atoms with Gasteiger partial charge in [0, 0.05) is 24.4 Å². The quantitative estimate of drug-likeness (QED) is 0.781. The molecular weight excluding hydrogens is 317 g/mol. The van der Waals surface area contributed by atoms with Gasteiger partial charge in [0.25, 0.3) is 0 Å². The summed E-state index contributed by atoms with van der Waals surface area (Å²) in [6, 6.07) is 7.52. The van der Waals surface area contributed by atoms with Crippen molar-refractivity contribution in [3.8, 4) is 11.4 Å². The molecule has 1 aromatic carbocycles. The molecule has 2 rings (SSSR count). The Morgan fingerprint density at radius 2 is 1.90 bits per heavy atom. The minimum absolute atomic E-state index is 0. The Hall–Kier alpha value is -1.60. The number of H-pyrrole nitrogens is 1. The van der Waals surface area contributed by atoms with Crippen LogP contribution in [-0.2, 0) is 11.2 Å². The number of hydrogen-bond donors (Lipinski definition) is 3. The first kappa shape index (κ1) is 21.7. The number of hydrogen-bond acceptors (Lipinski definition) is 3. The molecular formula is C13H19Cl2N3O3. The fourth-order valence-electron chi connectivity index (χ4n) is 1.70. The number of nitrogens with one attached hydrogen (secondary N) is 1. The number of aliphatic carboxylic acids is 1. The number of carboxylic acids is 1. The van der Waals surface area contributed by atoms with E-state index in [0.29, 0.717) is 6.42 Å². The smallest absolute Gasteiger partial charge is 0.323 e. The van der Waals surface area contributed by atoms with Crippen LogP contribution < -0.4 is 5.73 Å². The molecule has 2 aromatic rings. The van der Waals surface area contributed by atoms with Crippen LogP contribution in [0.1, 0.15) is 12.5 Å². The summed E-state index contributed by atoms with van der Waals surface area (Å²) in [7, 11) is 0. The third-order valence-electron chi connectivity index (χ3n) is 2.79. The van der Waals surface area contributed by atoms with Crippen molar-refractivity contribution in [2.45, 2.75) is 18.9 Å². The molecule has 0 aliphatic heterocycles. The van der Waals surface area contributed by atoms with Crippen LogP contribution in [0.15, 0.2) is 36.7 Å². The molecule has 0 bridgehead atoms. The van der Waals surface area contributed by atoms with Gasteiger partial charge in [0.05, 0.1) is 0 Å². The molecule has 1 aromatic heterocycles. The van der Waals surface area contributed by atoms with E-state index in [4.69, 9.17) is 10.8 Å². The maximum atomic E-state index is 10.9. The van der Waals surface area contributed by atoms with Gasteiger partial charge < -0.3 is 21.3 Å². The lowest BCUT2D eigenvalue weighted by atomic mass is 9.93. The summed E-state index contributed by atoms with van der Waals surface area (Å²) in [5, 5.41) is 8.97. The summed E-state index contributed by atoms with van der Waals surface area (Å²) in [4.78, 5) is 18.1. The lowest BCUT2D eigenvalue weighted by molar-refractivity contribution is -0.142. The zero-order valence-electron chi connectivity index (χ0n) is 11.4. The van der Waals surface area contributed by atoms with E-state index in [0.717, 1.165) is 17.0 Å². The number of aromatic amines is 1. The Kier molecular flexibility index (Phi) is 8.92.